The number of likely N-dealkylation sites (tertiary alicyclic amines) is 1. The summed E-state index contributed by atoms with van der Waals surface area (Å²) >= 11 is 7.17. The SMILES string of the molecule is CC(=O)N1CCC2(C1)CN(C(=O)Nc1ncc(Cl)s1)c1ccc(OCc3ccccc3)cc12. The second-order valence-electron chi connectivity index (χ2n) is 8.41. The number of hydrogen-bond donors (Lipinski definition) is 1. The van der Waals surface area contributed by atoms with Crippen LogP contribution < -0.4 is 15.0 Å². The molecule has 0 saturated carbocycles. The fourth-order valence-electron chi connectivity index (χ4n) is 4.62. The Morgan fingerprint density at radius 3 is 2.73 bits per heavy atom. The third-order valence-corrected chi connectivity index (χ3v) is 7.31. The van der Waals surface area contributed by atoms with Crippen LogP contribution in [0.25, 0.3) is 0 Å². The van der Waals surface area contributed by atoms with Crippen LogP contribution in [0, 0.1) is 0 Å². The van der Waals surface area contributed by atoms with E-state index >= 15 is 0 Å². The highest BCUT2D eigenvalue weighted by Crippen LogP contribution is 2.48. The van der Waals surface area contributed by atoms with Crippen molar-refractivity contribution >= 4 is 45.7 Å². The molecule has 0 radical (unpaired) electrons. The van der Waals surface area contributed by atoms with Gasteiger partial charge in [0.1, 0.15) is 16.7 Å². The number of anilines is 2. The van der Waals surface area contributed by atoms with E-state index < -0.39 is 0 Å². The van der Waals surface area contributed by atoms with E-state index in [9.17, 15) is 9.59 Å². The molecule has 9 heteroatoms. The van der Waals surface area contributed by atoms with E-state index in [1.807, 2.05) is 53.4 Å². The molecule has 7 nitrogen and oxygen atoms in total. The van der Waals surface area contributed by atoms with E-state index in [1.165, 1.54) is 17.5 Å². The molecule has 0 bridgehead atoms. The van der Waals surface area contributed by atoms with Crippen LogP contribution in [0.15, 0.2) is 54.7 Å². The molecule has 1 aromatic heterocycles. The molecule has 1 unspecified atom stereocenters. The van der Waals surface area contributed by atoms with Gasteiger partial charge in [-0.05, 0) is 35.7 Å². The Morgan fingerprint density at radius 1 is 1.21 bits per heavy atom. The third kappa shape index (κ3) is 4.28. The molecule has 2 aliphatic heterocycles. The van der Waals surface area contributed by atoms with Crippen LogP contribution in [0.2, 0.25) is 4.34 Å². The van der Waals surface area contributed by atoms with Crippen LogP contribution in [-0.4, -0.2) is 41.5 Å². The molecule has 3 aromatic rings. The molecule has 2 aromatic carbocycles. The molecular weight excluding hydrogens is 460 g/mol. The van der Waals surface area contributed by atoms with Crippen molar-refractivity contribution in [1.29, 1.82) is 0 Å². The molecule has 1 spiro atoms. The molecule has 3 amide bonds. The van der Waals surface area contributed by atoms with Crippen molar-refractivity contribution < 1.29 is 14.3 Å². The zero-order valence-electron chi connectivity index (χ0n) is 18.1. The number of nitrogens with zero attached hydrogens (tertiary/aromatic N) is 3. The Labute approximate surface area is 200 Å². The summed E-state index contributed by atoms with van der Waals surface area (Å²) in [4.78, 5) is 32.9. The smallest absolute Gasteiger partial charge is 0.328 e. The Hall–Kier alpha value is -3.10. The van der Waals surface area contributed by atoms with Crippen molar-refractivity contribution in [2.24, 2.45) is 0 Å². The maximum Gasteiger partial charge on any atom is 0.328 e. The Bertz CT molecular complexity index is 1200. The maximum absolute atomic E-state index is 13.2. The van der Waals surface area contributed by atoms with Gasteiger partial charge in [0.15, 0.2) is 5.13 Å². The number of aromatic nitrogens is 1. The van der Waals surface area contributed by atoms with E-state index in [1.54, 1.807) is 11.8 Å². The van der Waals surface area contributed by atoms with Gasteiger partial charge in [0.2, 0.25) is 5.91 Å². The summed E-state index contributed by atoms with van der Waals surface area (Å²) in [6.45, 7) is 3.77. The van der Waals surface area contributed by atoms with Crippen molar-refractivity contribution in [1.82, 2.24) is 9.88 Å². The van der Waals surface area contributed by atoms with Gasteiger partial charge in [0.05, 0.1) is 6.20 Å². The average Bonchev–Trinajstić information content (AvgIpc) is 3.51. The number of fused-ring (bicyclic) bond motifs is 2. The standard InChI is InChI=1S/C24H23ClN4O3S/c1-16(30)28-10-9-24(14-28)15-29(23(31)27-22-26-12-21(25)33-22)20-8-7-18(11-19(20)24)32-13-17-5-3-2-4-6-17/h2-8,11-12H,9-10,13-15H2,1H3,(H,26,27,31). The van der Waals surface area contributed by atoms with Gasteiger partial charge < -0.3 is 9.64 Å². The lowest BCUT2D eigenvalue weighted by atomic mass is 9.81. The first-order valence-electron chi connectivity index (χ1n) is 10.7. The molecule has 0 aliphatic carbocycles. The summed E-state index contributed by atoms with van der Waals surface area (Å²) in [6.07, 6.45) is 2.30. The summed E-state index contributed by atoms with van der Waals surface area (Å²) in [5.41, 5.74) is 2.61. The van der Waals surface area contributed by atoms with E-state index in [4.69, 9.17) is 16.3 Å². The largest absolute Gasteiger partial charge is 0.489 e. The highest BCUT2D eigenvalue weighted by atomic mass is 35.5. The van der Waals surface area contributed by atoms with Crippen LogP contribution in [0.3, 0.4) is 0 Å². The van der Waals surface area contributed by atoms with Crippen molar-refractivity contribution in [2.75, 3.05) is 29.9 Å². The zero-order valence-corrected chi connectivity index (χ0v) is 19.7. The van der Waals surface area contributed by atoms with E-state index in [2.05, 4.69) is 10.3 Å². The molecule has 1 atom stereocenters. The molecule has 3 heterocycles. The number of rotatable bonds is 4. The predicted octanol–water partition coefficient (Wildman–Crippen LogP) is 4.92. The average molecular weight is 483 g/mol. The van der Waals surface area contributed by atoms with E-state index in [-0.39, 0.29) is 17.4 Å². The molecule has 33 heavy (non-hydrogen) atoms. The van der Waals surface area contributed by atoms with Crippen LogP contribution in [0.1, 0.15) is 24.5 Å². The first-order valence-corrected chi connectivity index (χ1v) is 11.9. The summed E-state index contributed by atoms with van der Waals surface area (Å²) in [5.74, 6) is 0.789. The first-order chi connectivity index (χ1) is 15.9. The second-order valence-corrected chi connectivity index (χ2v) is 10.1. The summed E-state index contributed by atoms with van der Waals surface area (Å²) in [6, 6.07) is 15.6. The number of urea groups is 1. The van der Waals surface area contributed by atoms with Crippen molar-refractivity contribution in [3.63, 3.8) is 0 Å². The van der Waals surface area contributed by atoms with Crippen LogP contribution in [0.4, 0.5) is 15.6 Å². The highest BCUT2D eigenvalue weighted by Gasteiger charge is 2.49. The van der Waals surface area contributed by atoms with Gasteiger partial charge in [-0.25, -0.2) is 9.78 Å². The number of halogens is 1. The Balaban J connectivity index is 1.43. The lowest BCUT2D eigenvalue weighted by Crippen LogP contribution is -2.41. The van der Waals surface area contributed by atoms with Gasteiger partial charge in [0, 0.05) is 37.7 Å². The monoisotopic (exact) mass is 482 g/mol. The number of thiazole rings is 1. The molecule has 1 fully saturated rings. The van der Waals surface area contributed by atoms with Crippen molar-refractivity contribution in [3.05, 3.63) is 70.2 Å². The number of amides is 3. The van der Waals surface area contributed by atoms with Gasteiger partial charge in [-0.15, -0.1) is 0 Å². The van der Waals surface area contributed by atoms with E-state index in [0.29, 0.717) is 35.7 Å². The van der Waals surface area contributed by atoms with Gasteiger partial charge in [-0.1, -0.05) is 53.3 Å². The van der Waals surface area contributed by atoms with Gasteiger partial charge in [-0.3, -0.25) is 15.0 Å². The number of ether oxygens (including phenoxy) is 1. The summed E-state index contributed by atoms with van der Waals surface area (Å²) in [7, 11) is 0. The second kappa shape index (κ2) is 8.68. The number of nitrogens with one attached hydrogen (secondary N) is 1. The zero-order chi connectivity index (χ0) is 23.0. The van der Waals surface area contributed by atoms with Gasteiger partial charge in [-0.2, -0.15) is 0 Å². The van der Waals surface area contributed by atoms with Crippen LogP contribution in [-0.2, 0) is 16.8 Å². The number of benzene rings is 2. The molecule has 5 rings (SSSR count). The molecule has 1 N–H and O–H groups in total. The van der Waals surface area contributed by atoms with Crippen LogP contribution in [0.5, 0.6) is 5.75 Å². The molecule has 2 aliphatic rings. The first kappa shape index (κ1) is 21.7. The third-order valence-electron chi connectivity index (χ3n) is 6.27. The molecule has 170 valence electrons. The predicted molar refractivity (Wildman–Crippen MR) is 129 cm³/mol. The van der Waals surface area contributed by atoms with Crippen molar-refractivity contribution in [2.45, 2.75) is 25.4 Å². The summed E-state index contributed by atoms with van der Waals surface area (Å²) < 4.78 is 6.58. The lowest BCUT2D eigenvalue weighted by molar-refractivity contribution is -0.127. The highest BCUT2D eigenvalue weighted by molar-refractivity contribution is 7.19. The van der Waals surface area contributed by atoms with Crippen LogP contribution >= 0.6 is 22.9 Å². The summed E-state index contributed by atoms with van der Waals surface area (Å²) in [5, 5.41) is 3.30. The fraction of sp³-hybridized carbons (Fsp3) is 0.292. The minimum atomic E-state index is -0.328. The Morgan fingerprint density at radius 2 is 2.03 bits per heavy atom. The normalized spacial score (nSPS) is 19.1. The van der Waals surface area contributed by atoms with Gasteiger partial charge in [0.25, 0.3) is 0 Å². The van der Waals surface area contributed by atoms with E-state index in [0.717, 1.165) is 29.0 Å². The minimum absolute atomic E-state index is 0.0465. The maximum atomic E-state index is 13.2. The number of hydrogen-bond acceptors (Lipinski definition) is 5. The lowest BCUT2D eigenvalue weighted by Gasteiger charge is -2.25. The fourth-order valence-corrected chi connectivity index (χ4v) is 5.42. The molecule has 1 saturated heterocycles. The van der Waals surface area contributed by atoms with Gasteiger partial charge >= 0.3 is 6.03 Å². The number of carbonyl (C=O) groups excluding carboxylic acids is 2. The molecular formula is C24H23ClN4O3S. The topological polar surface area (TPSA) is 74.8 Å². The van der Waals surface area contributed by atoms with Crippen molar-refractivity contribution in [3.8, 4) is 5.75 Å². The quantitative estimate of drug-likeness (QED) is 0.573. The minimum Gasteiger partial charge on any atom is -0.489 e. The Kier molecular flexibility index (Phi) is 5.72. The number of carbonyl (C=O) groups is 2.